The van der Waals surface area contributed by atoms with E-state index in [1.165, 1.54) is 5.56 Å². The molecule has 146 valence electrons. The monoisotopic (exact) mass is 385 g/mol. The van der Waals surface area contributed by atoms with Crippen LogP contribution < -0.4 is 10.7 Å². The van der Waals surface area contributed by atoms with Crippen molar-refractivity contribution in [3.8, 4) is 0 Å². The predicted molar refractivity (Wildman–Crippen MR) is 116 cm³/mol. The average molecular weight is 385 g/mol. The fourth-order valence-corrected chi connectivity index (χ4v) is 2.79. The highest BCUT2D eigenvalue weighted by molar-refractivity contribution is 6.05. The molecule has 0 aromatic heterocycles. The molecule has 0 fully saturated rings. The maximum atomic E-state index is 12.4. The number of nitrogens with one attached hydrogen (secondary N) is 2. The molecule has 0 spiro atoms. The van der Waals surface area contributed by atoms with E-state index in [1.807, 2.05) is 63.2 Å². The minimum Gasteiger partial charge on any atom is -0.322 e. The van der Waals surface area contributed by atoms with Crippen molar-refractivity contribution < 1.29 is 9.59 Å². The van der Waals surface area contributed by atoms with Gasteiger partial charge in [0.15, 0.2) is 0 Å². The third-order valence-corrected chi connectivity index (χ3v) is 4.59. The lowest BCUT2D eigenvalue weighted by Gasteiger charge is -2.08. The molecule has 3 rings (SSSR count). The van der Waals surface area contributed by atoms with E-state index in [9.17, 15) is 9.59 Å². The van der Waals surface area contributed by atoms with Crippen LogP contribution in [0.2, 0.25) is 0 Å². The Morgan fingerprint density at radius 1 is 0.759 bits per heavy atom. The van der Waals surface area contributed by atoms with Gasteiger partial charge in [0.25, 0.3) is 11.8 Å². The number of carbonyl (C=O) groups excluding carboxylic acids is 2. The fraction of sp³-hybridized carbons (Fsp3) is 0.125. The zero-order valence-corrected chi connectivity index (χ0v) is 16.7. The quantitative estimate of drug-likeness (QED) is 0.493. The number of anilines is 1. The van der Waals surface area contributed by atoms with Crippen molar-refractivity contribution in [3.05, 3.63) is 101 Å². The van der Waals surface area contributed by atoms with E-state index in [0.29, 0.717) is 16.8 Å². The normalized spacial score (nSPS) is 11.1. The summed E-state index contributed by atoms with van der Waals surface area (Å²) in [6.45, 7) is 5.75. The number of amides is 2. The Bertz CT molecular complexity index is 1050. The van der Waals surface area contributed by atoms with Crippen molar-refractivity contribution in [2.75, 3.05) is 5.32 Å². The lowest BCUT2D eigenvalue weighted by atomic mass is 10.1. The molecule has 2 N–H and O–H groups in total. The summed E-state index contributed by atoms with van der Waals surface area (Å²) in [6, 6.07) is 22.0. The largest absolute Gasteiger partial charge is 0.322 e. The third kappa shape index (κ3) is 5.17. The summed E-state index contributed by atoms with van der Waals surface area (Å²) in [7, 11) is 0. The van der Waals surface area contributed by atoms with Crippen LogP contribution in [0.4, 0.5) is 5.69 Å². The molecule has 0 saturated heterocycles. The number of carbonyl (C=O) groups is 2. The first-order valence-electron chi connectivity index (χ1n) is 9.33. The van der Waals surface area contributed by atoms with Crippen LogP contribution in [0.15, 0.2) is 77.9 Å². The van der Waals surface area contributed by atoms with Crippen LogP contribution >= 0.6 is 0 Å². The Kier molecular flexibility index (Phi) is 6.19. The predicted octanol–water partition coefficient (Wildman–Crippen LogP) is 4.71. The van der Waals surface area contributed by atoms with Gasteiger partial charge in [0.1, 0.15) is 0 Å². The molecular formula is C24H23N3O2. The second-order valence-electron chi connectivity index (χ2n) is 6.85. The lowest BCUT2D eigenvalue weighted by Crippen LogP contribution is -2.19. The van der Waals surface area contributed by atoms with Gasteiger partial charge in [-0.1, -0.05) is 48.0 Å². The van der Waals surface area contributed by atoms with E-state index in [-0.39, 0.29) is 11.8 Å². The minimum absolute atomic E-state index is 0.182. The Morgan fingerprint density at radius 2 is 1.38 bits per heavy atom. The molecule has 0 radical (unpaired) electrons. The van der Waals surface area contributed by atoms with Gasteiger partial charge in [-0.05, 0) is 62.2 Å². The number of aryl methyl sites for hydroxylation is 2. The van der Waals surface area contributed by atoms with Crippen molar-refractivity contribution in [1.29, 1.82) is 0 Å². The SMILES string of the molecule is CC(=NNC(=O)c1ccc(NC(=O)c2ccccc2C)cc1)c1ccc(C)cc1. The fourth-order valence-electron chi connectivity index (χ4n) is 2.79. The van der Waals surface area contributed by atoms with Gasteiger partial charge in [-0.25, -0.2) is 5.43 Å². The summed E-state index contributed by atoms with van der Waals surface area (Å²) in [5.74, 6) is -0.494. The molecular weight excluding hydrogens is 362 g/mol. The minimum atomic E-state index is -0.312. The first kappa shape index (κ1) is 20.0. The summed E-state index contributed by atoms with van der Waals surface area (Å²) >= 11 is 0. The zero-order chi connectivity index (χ0) is 20.8. The van der Waals surface area contributed by atoms with Crippen LogP contribution in [0.1, 0.15) is 44.3 Å². The average Bonchev–Trinajstić information content (AvgIpc) is 2.73. The van der Waals surface area contributed by atoms with Gasteiger partial charge in [-0.3, -0.25) is 9.59 Å². The molecule has 29 heavy (non-hydrogen) atoms. The van der Waals surface area contributed by atoms with E-state index in [2.05, 4.69) is 15.8 Å². The molecule has 0 aliphatic heterocycles. The van der Waals surface area contributed by atoms with Crippen LogP contribution in [0.25, 0.3) is 0 Å². The molecule has 0 unspecified atom stereocenters. The number of hydrogen-bond acceptors (Lipinski definition) is 3. The molecule has 0 heterocycles. The second-order valence-corrected chi connectivity index (χ2v) is 6.85. The molecule has 5 nitrogen and oxygen atoms in total. The van der Waals surface area contributed by atoms with Gasteiger partial charge in [-0.2, -0.15) is 5.10 Å². The molecule has 0 saturated carbocycles. The molecule has 5 heteroatoms. The topological polar surface area (TPSA) is 70.6 Å². The van der Waals surface area contributed by atoms with E-state index in [4.69, 9.17) is 0 Å². The van der Waals surface area contributed by atoms with Crippen LogP contribution in [0, 0.1) is 13.8 Å². The highest BCUT2D eigenvalue weighted by atomic mass is 16.2. The highest BCUT2D eigenvalue weighted by Gasteiger charge is 2.10. The van der Waals surface area contributed by atoms with Gasteiger partial charge in [0.2, 0.25) is 0 Å². The molecule has 3 aromatic carbocycles. The third-order valence-electron chi connectivity index (χ3n) is 4.59. The summed E-state index contributed by atoms with van der Waals surface area (Å²) in [5.41, 5.74) is 8.01. The highest BCUT2D eigenvalue weighted by Crippen LogP contribution is 2.14. The molecule has 0 bridgehead atoms. The van der Waals surface area contributed by atoms with Gasteiger partial charge >= 0.3 is 0 Å². The first-order chi connectivity index (χ1) is 13.9. The Hall–Kier alpha value is -3.73. The Balaban J connectivity index is 1.63. The van der Waals surface area contributed by atoms with Crippen LogP contribution in [-0.4, -0.2) is 17.5 Å². The summed E-state index contributed by atoms with van der Waals surface area (Å²) < 4.78 is 0. The second kappa shape index (κ2) is 8.97. The van der Waals surface area contributed by atoms with Gasteiger partial charge < -0.3 is 5.32 Å². The number of hydrogen-bond donors (Lipinski definition) is 2. The standard InChI is InChI=1S/C24H23N3O2/c1-16-8-10-19(11-9-16)18(3)26-27-23(28)20-12-14-21(15-13-20)25-24(29)22-7-5-4-6-17(22)2/h4-15H,1-3H3,(H,25,29)(H,27,28). The van der Waals surface area contributed by atoms with Crippen LogP contribution in [-0.2, 0) is 0 Å². The maximum absolute atomic E-state index is 12.4. The molecule has 0 aliphatic carbocycles. The van der Waals surface area contributed by atoms with Crippen molar-refractivity contribution in [2.45, 2.75) is 20.8 Å². The molecule has 0 atom stereocenters. The maximum Gasteiger partial charge on any atom is 0.271 e. The van der Waals surface area contributed by atoms with Crippen molar-refractivity contribution >= 4 is 23.2 Å². The lowest BCUT2D eigenvalue weighted by molar-refractivity contribution is 0.0954. The van der Waals surface area contributed by atoms with E-state index < -0.39 is 0 Å². The van der Waals surface area contributed by atoms with Crippen LogP contribution in [0.3, 0.4) is 0 Å². The number of benzene rings is 3. The number of hydrazone groups is 1. The molecule has 0 aliphatic rings. The molecule has 3 aromatic rings. The van der Waals surface area contributed by atoms with E-state index in [1.54, 1.807) is 30.3 Å². The summed E-state index contributed by atoms with van der Waals surface area (Å²) in [5, 5.41) is 7.01. The Morgan fingerprint density at radius 3 is 2.03 bits per heavy atom. The first-order valence-corrected chi connectivity index (χ1v) is 9.33. The zero-order valence-electron chi connectivity index (χ0n) is 16.7. The van der Waals surface area contributed by atoms with Crippen molar-refractivity contribution in [1.82, 2.24) is 5.43 Å². The smallest absolute Gasteiger partial charge is 0.271 e. The van der Waals surface area contributed by atoms with Crippen molar-refractivity contribution in [3.63, 3.8) is 0 Å². The van der Waals surface area contributed by atoms with E-state index in [0.717, 1.165) is 16.8 Å². The van der Waals surface area contributed by atoms with Crippen molar-refractivity contribution in [2.24, 2.45) is 5.10 Å². The van der Waals surface area contributed by atoms with Crippen LogP contribution in [0.5, 0.6) is 0 Å². The van der Waals surface area contributed by atoms with Gasteiger partial charge in [-0.15, -0.1) is 0 Å². The molecule has 2 amide bonds. The summed E-state index contributed by atoms with van der Waals surface area (Å²) in [4.78, 5) is 24.7. The van der Waals surface area contributed by atoms with Gasteiger partial charge in [0.05, 0.1) is 5.71 Å². The van der Waals surface area contributed by atoms with Gasteiger partial charge in [0, 0.05) is 16.8 Å². The number of rotatable bonds is 5. The van der Waals surface area contributed by atoms with E-state index >= 15 is 0 Å². The number of nitrogens with zero attached hydrogens (tertiary/aromatic N) is 1. The summed E-state index contributed by atoms with van der Waals surface area (Å²) in [6.07, 6.45) is 0. The Labute approximate surface area is 170 Å².